The smallest absolute Gasteiger partial charge is 0.255 e. The summed E-state index contributed by atoms with van der Waals surface area (Å²) in [6.45, 7) is 5.38. The number of nitrogens with zero attached hydrogens (tertiary/aromatic N) is 4. The van der Waals surface area contributed by atoms with Crippen LogP contribution in [0.5, 0.6) is 0 Å². The fraction of sp³-hybridized carbons (Fsp3) is 0.286. The molecule has 1 atom stereocenters. The molecule has 0 radical (unpaired) electrons. The van der Waals surface area contributed by atoms with Crippen LogP contribution in [0.1, 0.15) is 36.5 Å². The fourth-order valence-corrected chi connectivity index (χ4v) is 5.86. The number of likely N-dealkylation sites (tertiary alicyclic amines) is 1. The predicted molar refractivity (Wildman–Crippen MR) is 164 cm³/mol. The first kappa shape index (κ1) is 27.1. The fourth-order valence-electron chi connectivity index (χ4n) is 5.86. The number of carbonyl (C=O) groups excluding carboxylic acids is 1. The molecule has 4 aromatic rings. The van der Waals surface area contributed by atoms with Gasteiger partial charge in [-0.1, -0.05) is 84.9 Å². The van der Waals surface area contributed by atoms with Crippen molar-refractivity contribution in [2.45, 2.75) is 37.9 Å². The third kappa shape index (κ3) is 6.29. The van der Waals surface area contributed by atoms with Crippen LogP contribution in [0.15, 0.2) is 114 Å². The molecule has 41 heavy (non-hydrogen) atoms. The average molecular weight is 545 g/mol. The number of aromatic nitrogens is 1. The topological polar surface area (TPSA) is 58.0 Å². The van der Waals surface area contributed by atoms with E-state index in [1.165, 1.54) is 5.56 Å². The van der Waals surface area contributed by atoms with Crippen LogP contribution in [0.3, 0.4) is 0 Å². The number of carbonyl (C=O) groups is 1. The van der Waals surface area contributed by atoms with Gasteiger partial charge in [0, 0.05) is 42.6 Å². The van der Waals surface area contributed by atoms with Gasteiger partial charge in [0.05, 0.1) is 17.9 Å². The highest BCUT2D eigenvalue weighted by molar-refractivity contribution is 6.13. The lowest BCUT2D eigenvalue weighted by atomic mass is 9.88. The molecule has 0 saturated carbocycles. The van der Waals surface area contributed by atoms with Gasteiger partial charge in [-0.25, -0.2) is 9.98 Å². The van der Waals surface area contributed by atoms with E-state index in [9.17, 15) is 4.79 Å². The molecular weight excluding hydrogens is 508 g/mol. The molecule has 0 bridgehead atoms. The number of piperidine rings is 1. The highest BCUT2D eigenvalue weighted by atomic mass is 16.5. The Kier molecular flexibility index (Phi) is 8.03. The van der Waals surface area contributed by atoms with E-state index in [1.807, 2.05) is 90.8 Å². The van der Waals surface area contributed by atoms with Gasteiger partial charge in [-0.15, -0.1) is 0 Å². The van der Waals surface area contributed by atoms with Gasteiger partial charge in [-0.05, 0) is 49.9 Å². The summed E-state index contributed by atoms with van der Waals surface area (Å²) < 4.78 is 6.36. The van der Waals surface area contributed by atoms with Crippen molar-refractivity contribution in [3.63, 3.8) is 0 Å². The highest BCUT2D eigenvalue weighted by Gasteiger charge is 2.45. The molecule has 2 fully saturated rings. The van der Waals surface area contributed by atoms with Crippen molar-refractivity contribution in [1.82, 2.24) is 9.88 Å². The number of ether oxygens (including phenoxy) is 1. The van der Waals surface area contributed by atoms with Crippen LogP contribution in [0.4, 0.5) is 11.5 Å². The van der Waals surface area contributed by atoms with Gasteiger partial charge in [0.2, 0.25) is 0 Å². The standard InChI is InChI=1S/C35H36N4O2/c1-27-34(40)39(31-15-9-4-10-16-31)26-35(41-27)20-23-38(24-21-35)22-19-28-17-18-32(36-25-28)37-33(29-11-5-2-6-12-29)30-13-7-3-8-14-30/h2-18,25,27H,19-24,26H2,1H3. The van der Waals surface area contributed by atoms with E-state index in [4.69, 9.17) is 14.7 Å². The van der Waals surface area contributed by atoms with Crippen molar-refractivity contribution >= 4 is 23.1 Å². The molecule has 0 aliphatic carbocycles. The Hall–Kier alpha value is -4.13. The quantitative estimate of drug-likeness (QED) is 0.265. The molecule has 1 spiro atoms. The number of amides is 1. The van der Waals surface area contributed by atoms with Crippen molar-refractivity contribution in [3.8, 4) is 0 Å². The van der Waals surface area contributed by atoms with Crippen LogP contribution in [0, 0.1) is 0 Å². The second kappa shape index (κ2) is 12.2. The summed E-state index contributed by atoms with van der Waals surface area (Å²) in [6, 6.07) is 34.6. The number of aliphatic imine (C=N–C) groups is 1. The molecule has 3 heterocycles. The Morgan fingerprint density at radius 3 is 2.07 bits per heavy atom. The lowest BCUT2D eigenvalue weighted by Gasteiger charge is -2.49. The molecule has 2 aliphatic heterocycles. The van der Waals surface area contributed by atoms with Gasteiger partial charge in [-0.2, -0.15) is 0 Å². The normalized spacial score (nSPS) is 18.8. The number of benzene rings is 3. The molecule has 6 heteroatoms. The van der Waals surface area contributed by atoms with Crippen molar-refractivity contribution < 1.29 is 9.53 Å². The average Bonchev–Trinajstić information content (AvgIpc) is 3.03. The molecule has 1 aromatic heterocycles. The largest absolute Gasteiger partial charge is 0.360 e. The van der Waals surface area contributed by atoms with E-state index in [1.54, 1.807) is 0 Å². The molecule has 3 aromatic carbocycles. The second-order valence-electron chi connectivity index (χ2n) is 11.0. The summed E-state index contributed by atoms with van der Waals surface area (Å²) in [5, 5.41) is 0. The first-order valence-corrected chi connectivity index (χ1v) is 14.5. The maximum atomic E-state index is 12.9. The number of pyridine rings is 1. The summed E-state index contributed by atoms with van der Waals surface area (Å²) in [7, 11) is 0. The zero-order valence-electron chi connectivity index (χ0n) is 23.5. The van der Waals surface area contributed by atoms with Crippen LogP contribution in [-0.4, -0.2) is 59.4 Å². The van der Waals surface area contributed by atoms with E-state index in [0.29, 0.717) is 12.4 Å². The number of hydrogen-bond acceptors (Lipinski definition) is 5. The first-order valence-electron chi connectivity index (χ1n) is 14.5. The Balaban J connectivity index is 1.07. The Bertz CT molecular complexity index is 1420. The second-order valence-corrected chi connectivity index (χ2v) is 11.0. The summed E-state index contributed by atoms with van der Waals surface area (Å²) in [5.41, 5.74) is 4.93. The monoisotopic (exact) mass is 544 g/mol. The molecule has 1 unspecified atom stereocenters. The summed E-state index contributed by atoms with van der Waals surface area (Å²) in [4.78, 5) is 26.9. The van der Waals surface area contributed by atoms with E-state index in [-0.39, 0.29) is 11.5 Å². The molecule has 0 N–H and O–H groups in total. The lowest BCUT2D eigenvalue weighted by molar-refractivity contribution is -0.161. The molecule has 2 saturated heterocycles. The maximum absolute atomic E-state index is 12.9. The van der Waals surface area contributed by atoms with Crippen LogP contribution in [0.2, 0.25) is 0 Å². The van der Waals surface area contributed by atoms with Gasteiger partial charge >= 0.3 is 0 Å². The lowest BCUT2D eigenvalue weighted by Crippen LogP contribution is -2.61. The van der Waals surface area contributed by atoms with E-state index in [0.717, 1.165) is 61.4 Å². The predicted octanol–water partition coefficient (Wildman–Crippen LogP) is 6.08. The number of morpholine rings is 1. The minimum absolute atomic E-state index is 0.0455. The zero-order valence-corrected chi connectivity index (χ0v) is 23.5. The molecule has 1 amide bonds. The Labute approximate surface area is 242 Å². The van der Waals surface area contributed by atoms with Crippen LogP contribution < -0.4 is 4.90 Å². The number of rotatable bonds is 7. The first-order chi connectivity index (χ1) is 20.1. The third-order valence-corrected chi connectivity index (χ3v) is 8.17. The van der Waals surface area contributed by atoms with Crippen molar-refractivity contribution in [1.29, 1.82) is 0 Å². The van der Waals surface area contributed by atoms with Gasteiger partial charge in [0.15, 0.2) is 5.82 Å². The van der Waals surface area contributed by atoms with Crippen LogP contribution >= 0.6 is 0 Å². The summed E-state index contributed by atoms with van der Waals surface area (Å²) >= 11 is 0. The van der Waals surface area contributed by atoms with Crippen molar-refractivity contribution in [2.24, 2.45) is 4.99 Å². The molecule has 2 aliphatic rings. The van der Waals surface area contributed by atoms with Gasteiger partial charge in [-0.3, -0.25) is 4.79 Å². The maximum Gasteiger partial charge on any atom is 0.255 e. The number of hydrogen-bond donors (Lipinski definition) is 0. The van der Waals surface area contributed by atoms with E-state index < -0.39 is 6.10 Å². The number of anilines is 1. The highest BCUT2D eigenvalue weighted by Crippen LogP contribution is 2.35. The van der Waals surface area contributed by atoms with Gasteiger partial charge in [0.1, 0.15) is 6.10 Å². The van der Waals surface area contributed by atoms with Crippen LogP contribution in [-0.2, 0) is 16.0 Å². The van der Waals surface area contributed by atoms with Crippen molar-refractivity contribution in [2.75, 3.05) is 31.1 Å². The third-order valence-electron chi connectivity index (χ3n) is 8.17. The Morgan fingerprint density at radius 1 is 0.878 bits per heavy atom. The minimum atomic E-state index is -0.424. The molecule has 208 valence electrons. The number of para-hydroxylation sites is 1. The SMILES string of the molecule is CC1OC2(CCN(CCc3ccc(N=C(c4ccccc4)c4ccccc4)nc3)CC2)CN(c2ccccc2)C1=O. The zero-order chi connectivity index (χ0) is 28.1. The Morgan fingerprint density at radius 2 is 1.49 bits per heavy atom. The summed E-state index contributed by atoms with van der Waals surface area (Å²) in [5.74, 6) is 0.752. The van der Waals surface area contributed by atoms with Crippen molar-refractivity contribution in [3.05, 3.63) is 126 Å². The molecule has 6 nitrogen and oxygen atoms in total. The van der Waals surface area contributed by atoms with E-state index in [2.05, 4.69) is 35.2 Å². The minimum Gasteiger partial charge on any atom is -0.360 e. The molecular formula is C35H36N4O2. The van der Waals surface area contributed by atoms with Gasteiger partial charge < -0.3 is 14.5 Å². The summed E-state index contributed by atoms with van der Waals surface area (Å²) in [6.07, 6.45) is 4.29. The van der Waals surface area contributed by atoms with E-state index >= 15 is 0 Å². The van der Waals surface area contributed by atoms with Gasteiger partial charge in [0.25, 0.3) is 5.91 Å². The molecule has 6 rings (SSSR count). The van der Waals surface area contributed by atoms with Crippen LogP contribution in [0.25, 0.3) is 0 Å².